The van der Waals surface area contributed by atoms with Crippen LogP contribution in [-0.4, -0.2) is 82.7 Å². The summed E-state index contributed by atoms with van der Waals surface area (Å²) in [6, 6.07) is 0. The Morgan fingerprint density at radius 3 is 1.23 bits per heavy atom. The lowest BCUT2D eigenvalue weighted by Crippen LogP contribution is -2.32. The molecule has 0 rings (SSSR count). The molecule has 6 atom stereocenters. The van der Waals surface area contributed by atoms with Gasteiger partial charge in [0.1, 0.15) is 30.5 Å². The van der Waals surface area contributed by atoms with Gasteiger partial charge in [0.05, 0.1) is 44.6 Å². The van der Waals surface area contributed by atoms with Crippen molar-refractivity contribution < 1.29 is 62.7 Å². The number of hydrogen-bond donors (Lipinski definition) is 2. The molecule has 0 amide bonds. The van der Waals surface area contributed by atoms with Gasteiger partial charge in [-0.05, 0) is 50.4 Å². The van der Waals surface area contributed by atoms with Crippen molar-refractivity contribution in [2.75, 3.05) is 0 Å². The summed E-state index contributed by atoms with van der Waals surface area (Å²) in [7, 11) is 0. The van der Waals surface area contributed by atoms with Crippen LogP contribution in [-0.2, 0) is 52.5 Å². The number of aliphatic hydroxyl groups is 1. The van der Waals surface area contributed by atoms with E-state index in [1.807, 2.05) is 27.7 Å². The average molecular weight is 675 g/mol. The van der Waals surface area contributed by atoms with Gasteiger partial charge in [0.25, 0.3) is 0 Å². The fourth-order valence-electron chi connectivity index (χ4n) is 4.55. The molecule has 13 heteroatoms. The first-order valence-electron chi connectivity index (χ1n) is 16.5. The first kappa shape index (κ1) is 43.8. The van der Waals surface area contributed by atoms with Crippen molar-refractivity contribution in [2.45, 2.75) is 157 Å². The quantitative estimate of drug-likeness (QED) is 0.111. The third kappa shape index (κ3) is 22.1. The standard InChI is InChI=1S/C34H58O13/c1-19(2)11-25(15-29(36)37)45-30(38)14-24(10)44-34(42)18-28(22(7)8)47-32(40)16-26(12-20(3)4)46-31(39)13-23(9)43-33(41)17-27(35)21(5)6/h19-28,35H,11-18H2,1-10H3,(H,36,37)/t23-,24-,25-,26-,27+,28+/m1/s1. The van der Waals surface area contributed by atoms with E-state index in [4.69, 9.17) is 28.8 Å². The molecular formula is C34H58O13. The Balaban J connectivity index is 5.06. The summed E-state index contributed by atoms with van der Waals surface area (Å²) in [5.74, 6) is -4.65. The van der Waals surface area contributed by atoms with E-state index in [0.717, 1.165) is 0 Å². The van der Waals surface area contributed by atoms with E-state index in [-0.39, 0.29) is 62.2 Å². The van der Waals surface area contributed by atoms with Crippen molar-refractivity contribution in [1.82, 2.24) is 0 Å². The Labute approximate surface area is 279 Å². The third-order valence-corrected chi connectivity index (χ3v) is 6.97. The minimum atomic E-state index is -1.09. The van der Waals surface area contributed by atoms with E-state index in [0.29, 0.717) is 12.8 Å². The molecule has 0 unspecified atom stereocenters. The second-order valence-electron chi connectivity index (χ2n) is 13.8. The molecular weight excluding hydrogens is 616 g/mol. The van der Waals surface area contributed by atoms with E-state index >= 15 is 0 Å². The fraction of sp³-hybridized carbons (Fsp3) is 0.824. The molecule has 13 nitrogen and oxygen atoms in total. The smallest absolute Gasteiger partial charge is 0.309 e. The number of carboxylic acids is 1. The van der Waals surface area contributed by atoms with Crippen LogP contribution in [0.4, 0.5) is 0 Å². The molecule has 0 fully saturated rings. The van der Waals surface area contributed by atoms with Gasteiger partial charge in [-0.3, -0.25) is 28.8 Å². The molecule has 2 N–H and O–H groups in total. The number of ether oxygens (including phenoxy) is 5. The van der Waals surface area contributed by atoms with Gasteiger partial charge in [0.15, 0.2) is 0 Å². The van der Waals surface area contributed by atoms with Crippen LogP contribution in [0.1, 0.15) is 121 Å². The molecule has 0 bridgehead atoms. The SMILES string of the molecule is CC(C)C[C@H](CC(=O)O)OC(=O)C[C@@H](C)OC(=O)C[C@H](OC(=O)C[C@@H](CC(C)C)OC(=O)C[C@@H](C)OC(=O)C[C@H](O)C(C)C)C(C)C. The summed E-state index contributed by atoms with van der Waals surface area (Å²) < 4.78 is 27.0. The maximum atomic E-state index is 12.9. The summed E-state index contributed by atoms with van der Waals surface area (Å²) in [6.07, 6.45) is -5.79. The molecule has 0 aliphatic heterocycles. The molecule has 0 spiro atoms. The number of aliphatic hydroxyl groups excluding tert-OH is 1. The van der Waals surface area contributed by atoms with Crippen molar-refractivity contribution in [3.63, 3.8) is 0 Å². The van der Waals surface area contributed by atoms with Crippen molar-refractivity contribution in [1.29, 1.82) is 0 Å². The first-order valence-corrected chi connectivity index (χ1v) is 16.5. The second kappa shape index (κ2) is 22.4. The van der Waals surface area contributed by atoms with Crippen molar-refractivity contribution in [2.24, 2.45) is 23.7 Å². The zero-order valence-corrected chi connectivity index (χ0v) is 29.8. The van der Waals surface area contributed by atoms with Gasteiger partial charge in [-0.25, -0.2) is 0 Å². The minimum Gasteiger partial charge on any atom is -0.481 e. The highest BCUT2D eigenvalue weighted by molar-refractivity contribution is 5.76. The molecule has 0 aromatic rings. The number of esters is 5. The first-order chi connectivity index (χ1) is 21.7. The number of carbonyl (C=O) groups is 6. The summed E-state index contributed by atoms with van der Waals surface area (Å²) in [4.78, 5) is 73.7. The van der Waals surface area contributed by atoms with Gasteiger partial charge >= 0.3 is 35.8 Å². The number of carboxylic acid groups (broad SMARTS) is 1. The molecule has 0 aromatic heterocycles. The van der Waals surface area contributed by atoms with Crippen LogP contribution in [0.5, 0.6) is 0 Å². The van der Waals surface area contributed by atoms with Gasteiger partial charge in [0.2, 0.25) is 0 Å². The summed E-state index contributed by atoms with van der Waals surface area (Å²) in [5.41, 5.74) is 0. The van der Waals surface area contributed by atoms with E-state index in [9.17, 15) is 33.9 Å². The Morgan fingerprint density at radius 2 is 0.851 bits per heavy atom. The number of rotatable bonds is 23. The molecule has 0 radical (unpaired) electrons. The van der Waals surface area contributed by atoms with Crippen LogP contribution in [0.25, 0.3) is 0 Å². The predicted octanol–water partition coefficient (Wildman–Crippen LogP) is 4.78. The van der Waals surface area contributed by atoms with Crippen LogP contribution in [0.3, 0.4) is 0 Å². The monoisotopic (exact) mass is 674 g/mol. The normalized spacial score (nSPS) is 15.4. The van der Waals surface area contributed by atoms with Crippen LogP contribution in [0.15, 0.2) is 0 Å². The van der Waals surface area contributed by atoms with Gasteiger partial charge in [-0.1, -0.05) is 55.4 Å². The maximum Gasteiger partial charge on any atom is 0.309 e. The zero-order chi connectivity index (χ0) is 36.4. The second-order valence-corrected chi connectivity index (χ2v) is 13.8. The summed E-state index contributed by atoms with van der Waals surface area (Å²) in [5, 5.41) is 18.9. The van der Waals surface area contributed by atoms with Crippen molar-refractivity contribution >= 4 is 35.8 Å². The molecule has 0 aromatic carbocycles. The maximum absolute atomic E-state index is 12.9. The summed E-state index contributed by atoms with van der Waals surface area (Å²) in [6.45, 7) is 17.7. The number of carbonyl (C=O) groups excluding carboxylic acids is 5. The molecule has 272 valence electrons. The minimum absolute atomic E-state index is 0.0715. The van der Waals surface area contributed by atoms with Gasteiger partial charge in [-0.15, -0.1) is 0 Å². The number of aliphatic carboxylic acids is 1. The van der Waals surface area contributed by atoms with E-state index < -0.39 is 72.4 Å². The molecule has 0 heterocycles. The van der Waals surface area contributed by atoms with Crippen LogP contribution < -0.4 is 0 Å². The highest BCUT2D eigenvalue weighted by atomic mass is 16.6. The molecule has 47 heavy (non-hydrogen) atoms. The Bertz CT molecular complexity index is 1000. The van der Waals surface area contributed by atoms with Crippen molar-refractivity contribution in [3.05, 3.63) is 0 Å². The Morgan fingerprint density at radius 1 is 0.468 bits per heavy atom. The molecule has 0 saturated heterocycles. The van der Waals surface area contributed by atoms with Crippen molar-refractivity contribution in [3.8, 4) is 0 Å². The number of hydrogen-bond acceptors (Lipinski definition) is 12. The molecule has 0 aliphatic carbocycles. The Kier molecular flexibility index (Phi) is 20.8. The van der Waals surface area contributed by atoms with Gasteiger partial charge in [0, 0.05) is 0 Å². The lowest BCUT2D eigenvalue weighted by molar-refractivity contribution is -0.164. The van der Waals surface area contributed by atoms with Crippen LogP contribution >= 0.6 is 0 Å². The van der Waals surface area contributed by atoms with E-state index in [2.05, 4.69) is 0 Å². The zero-order valence-electron chi connectivity index (χ0n) is 29.8. The highest BCUT2D eigenvalue weighted by Crippen LogP contribution is 2.20. The van der Waals surface area contributed by atoms with Gasteiger partial charge in [-0.2, -0.15) is 0 Å². The fourth-order valence-corrected chi connectivity index (χ4v) is 4.55. The van der Waals surface area contributed by atoms with Crippen LogP contribution in [0.2, 0.25) is 0 Å². The van der Waals surface area contributed by atoms with Crippen LogP contribution in [0, 0.1) is 23.7 Å². The predicted molar refractivity (Wildman–Crippen MR) is 171 cm³/mol. The third-order valence-electron chi connectivity index (χ3n) is 6.97. The van der Waals surface area contributed by atoms with E-state index in [1.54, 1.807) is 27.7 Å². The summed E-state index contributed by atoms with van der Waals surface area (Å²) >= 11 is 0. The topological polar surface area (TPSA) is 189 Å². The molecule has 0 saturated carbocycles. The average Bonchev–Trinajstić information content (AvgIpc) is 2.85. The van der Waals surface area contributed by atoms with E-state index in [1.165, 1.54) is 13.8 Å². The largest absolute Gasteiger partial charge is 0.481 e. The lowest BCUT2D eigenvalue weighted by atomic mass is 10.0. The molecule has 0 aliphatic rings. The van der Waals surface area contributed by atoms with Gasteiger partial charge < -0.3 is 33.9 Å². The lowest BCUT2D eigenvalue weighted by Gasteiger charge is -2.24. The Hall–Kier alpha value is -3.22. The highest BCUT2D eigenvalue weighted by Gasteiger charge is 2.29.